The van der Waals surface area contributed by atoms with Gasteiger partial charge in [-0.3, -0.25) is 4.79 Å². The molecular formula is C22H24N2O3. The molecule has 0 bridgehead atoms. The molecule has 1 atom stereocenters. The SMILES string of the molecule is CCN(CC)C(=O)[C@@H](OC(=O)c1cn(C)c2ccccc12)c1ccccc1. The van der Waals surface area contributed by atoms with Gasteiger partial charge in [0.25, 0.3) is 5.91 Å². The van der Waals surface area contributed by atoms with Gasteiger partial charge in [0.15, 0.2) is 0 Å². The minimum atomic E-state index is -0.961. The molecule has 1 heterocycles. The first-order valence-electron chi connectivity index (χ1n) is 9.15. The van der Waals surface area contributed by atoms with Crippen molar-refractivity contribution in [3.63, 3.8) is 0 Å². The van der Waals surface area contributed by atoms with Crippen LogP contribution in [0.25, 0.3) is 10.9 Å². The molecule has 140 valence electrons. The maximum absolute atomic E-state index is 13.0. The lowest BCUT2D eigenvalue weighted by Crippen LogP contribution is -2.36. The molecule has 0 aliphatic heterocycles. The molecule has 3 rings (SSSR count). The largest absolute Gasteiger partial charge is 0.444 e. The summed E-state index contributed by atoms with van der Waals surface area (Å²) >= 11 is 0. The zero-order chi connectivity index (χ0) is 19.4. The van der Waals surface area contributed by atoms with Crippen LogP contribution in [0.3, 0.4) is 0 Å². The van der Waals surface area contributed by atoms with E-state index < -0.39 is 12.1 Å². The molecule has 2 aromatic carbocycles. The second-order valence-corrected chi connectivity index (χ2v) is 6.38. The van der Waals surface area contributed by atoms with E-state index in [-0.39, 0.29) is 5.91 Å². The molecule has 1 amide bonds. The summed E-state index contributed by atoms with van der Waals surface area (Å²) in [6.07, 6.45) is 0.786. The number of amides is 1. The summed E-state index contributed by atoms with van der Waals surface area (Å²) in [6, 6.07) is 16.8. The fourth-order valence-electron chi connectivity index (χ4n) is 3.26. The Bertz CT molecular complexity index is 943. The fraction of sp³-hybridized carbons (Fsp3) is 0.273. The number of likely N-dealkylation sites (N-methyl/N-ethyl adjacent to an activating group) is 1. The second-order valence-electron chi connectivity index (χ2n) is 6.38. The van der Waals surface area contributed by atoms with Gasteiger partial charge in [-0.15, -0.1) is 0 Å². The summed E-state index contributed by atoms with van der Waals surface area (Å²) in [5.74, 6) is -0.707. The Morgan fingerprint density at radius 1 is 1.00 bits per heavy atom. The number of hydrogen-bond donors (Lipinski definition) is 0. The number of para-hydroxylation sites is 1. The first kappa shape index (κ1) is 18.7. The Balaban J connectivity index is 1.96. The Morgan fingerprint density at radius 2 is 1.63 bits per heavy atom. The lowest BCUT2D eigenvalue weighted by Gasteiger charge is -2.25. The van der Waals surface area contributed by atoms with E-state index in [9.17, 15) is 9.59 Å². The number of aromatic nitrogens is 1. The van der Waals surface area contributed by atoms with Crippen LogP contribution < -0.4 is 0 Å². The van der Waals surface area contributed by atoms with Crippen molar-refractivity contribution in [3.05, 3.63) is 71.9 Å². The summed E-state index contributed by atoms with van der Waals surface area (Å²) in [6.45, 7) is 4.95. The second kappa shape index (κ2) is 8.08. The molecular weight excluding hydrogens is 340 g/mol. The van der Waals surface area contributed by atoms with Crippen molar-refractivity contribution in [2.75, 3.05) is 13.1 Å². The molecule has 0 radical (unpaired) electrons. The molecule has 0 saturated heterocycles. The average Bonchev–Trinajstić information content (AvgIpc) is 3.04. The first-order chi connectivity index (χ1) is 13.1. The number of carbonyl (C=O) groups is 2. The van der Waals surface area contributed by atoms with Crippen molar-refractivity contribution in [2.24, 2.45) is 7.05 Å². The molecule has 0 aliphatic carbocycles. The normalized spacial score (nSPS) is 12.0. The van der Waals surface area contributed by atoms with Crippen LogP contribution in [-0.2, 0) is 16.6 Å². The minimum absolute atomic E-state index is 0.209. The van der Waals surface area contributed by atoms with Crippen LogP contribution in [0.2, 0.25) is 0 Å². The van der Waals surface area contributed by atoms with Gasteiger partial charge in [-0.05, 0) is 19.9 Å². The topological polar surface area (TPSA) is 51.5 Å². The Labute approximate surface area is 159 Å². The summed E-state index contributed by atoms with van der Waals surface area (Å²) in [5, 5.41) is 0.812. The average molecular weight is 364 g/mol. The molecule has 0 unspecified atom stereocenters. The Morgan fingerprint density at radius 3 is 2.30 bits per heavy atom. The lowest BCUT2D eigenvalue weighted by atomic mass is 10.1. The zero-order valence-corrected chi connectivity index (χ0v) is 15.9. The van der Waals surface area contributed by atoms with Crippen molar-refractivity contribution < 1.29 is 14.3 Å². The molecule has 0 spiro atoms. The van der Waals surface area contributed by atoms with Crippen LogP contribution in [-0.4, -0.2) is 34.4 Å². The van der Waals surface area contributed by atoms with Gasteiger partial charge < -0.3 is 14.2 Å². The quantitative estimate of drug-likeness (QED) is 0.623. The summed E-state index contributed by atoms with van der Waals surface area (Å²) in [5.41, 5.74) is 2.07. The number of esters is 1. The van der Waals surface area contributed by atoms with Crippen LogP contribution in [0.15, 0.2) is 60.8 Å². The first-order valence-corrected chi connectivity index (χ1v) is 9.15. The predicted octanol–water partition coefficient (Wildman–Crippen LogP) is 3.94. The molecule has 5 heteroatoms. The fourth-order valence-corrected chi connectivity index (χ4v) is 3.26. The van der Waals surface area contributed by atoms with E-state index in [2.05, 4.69) is 0 Å². The summed E-state index contributed by atoms with van der Waals surface area (Å²) in [4.78, 5) is 27.6. The zero-order valence-electron chi connectivity index (χ0n) is 15.9. The van der Waals surface area contributed by atoms with Crippen LogP contribution in [0.1, 0.15) is 35.9 Å². The molecule has 0 aliphatic rings. The van der Waals surface area contributed by atoms with Crippen molar-refractivity contribution in [2.45, 2.75) is 20.0 Å². The van der Waals surface area contributed by atoms with Gasteiger partial charge >= 0.3 is 5.97 Å². The number of rotatable bonds is 6. The highest BCUT2D eigenvalue weighted by Gasteiger charge is 2.29. The third-order valence-electron chi connectivity index (χ3n) is 4.74. The third-order valence-corrected chi connectivity index (χ3v) is 4.74. The molecule has 0 fully saturated rings. The highest BCUT2D eigenvalue weighted by molar-refractivity contribution is 6.05. The Kier molecular flexibility index (Phi) is 5.60. The van der Waals surface area contributed by atoms with Gasteiger partial charge in [0.2, 0.25) is 6.10 Å². The van der Waals surface area contributed by atoms with Crippen LogP contribution in [0.5, 0.6) is 0 Å². The predicted molar refractivity (Wildman–Crippen MR) is 105 cm³/mol. The molecule has 0 saturated carbocycles. The smallest absolute Gasteiger partial charge is 0.341 e. The van der Waals surface area contributed by atoms with Crippen LogP contribution in [0.4, 0.5) is 0 Å². The standard InChI is InChI=1S/C22H24N2O3/c1-4-24(5-2)21(25)20(16-11-7-6-8-12-16)27-22(26)18-15-23(3)19-14-10-9-13-17(18)19/h6-15,20H,4-5H2,1-3H3/t20-/m0/s1. The number of fused-ring (bicyclic) bond motifs is 1. The number of aryl methyl sites for hydroxylation is 1. The number of benzene rings is 2. The molecule has 1 aromatic heterocycles. The van der Waals surface area contributed by atoms with Crippen LogP contribution >= 0.6 is 0 Å². The molecule has 27 heavy (non-hydrogen) atoms. The highest BCUT2D eigenvalue weighted by atomic mass is 16.5. The van der Waals surface area contributed by atoms with Crippen molar-refractivity contribution in [1.29, 1.82) is 0 Å². The number of hydrogen-bond acceptors (Lipinski definition) is 3. The lowest BCUT2D eigenvalue weighted by molar-refractivity contribution is -0.140. The molecule has 3 aromatic rings. The van der Waals surface area contributed by atoms with E-state index in [4.69, 9.17) is 4.74 Å². The van der Waals surface area contributed by atoms with Crippen molar-refractivity contribution in [1.82, 2.24) is 9.47 Å². The van der Waals surface area contributed by atoms with Crippen LogP contribution in [0, 0.1) is 0 Å². The van der Waals surface area contributed by atoms with Gasteiger partial charge in [0.05, 0.1) is 5.56 Å². The summed E-state index contributed by atoms with van der Waals surface area (Å²) in [7, 11) is 1.88. The maximum Gasteiger partial charge on any atom is 0.341 e. The Hall–Kier alpha value is -3.08. The van der Waals surface area contributed by atoms with Crippen molar-refractivity contribution in [3.8, 4) is 0 Å². The highest BCUT2D eigenvalue weighted by Crippen LogP contribution is 2.26. The van der Waals surface area contributed by atoms with E-state index in [0.717, 1.165) is 10.9 Å². The van der Waals surface area contributed by atoms with Gasteiger partial charge in [-0.2, -0.15) is 0 Å². The van der Waals surface area contributed by atoms with E-state index in [1.54, 1.807) is 11.1 Å². The van der Waals surface area contributed by atoms with Gasteiger partial charge in [-0.25, -0.2) is 4.79 Å². The van der Waals surface area contributed by atoms with E-state index in [0.29, 0.717) is 24.2 Å². The third kappa shape index (κ3) is 3.72. The van der Waals surface area contributed by atoms with Crippen molar-refractivity contribution >= 4 is 22.8 Å². The minimum Gasteiger partial charge on any atom is -0.444 e. The monoisotopic (exact) mass is 364 g/mol. The number of nitrogens with zero attached hydrogens (tertiary/aromatic N) is 2. The molecule has 0 N–H and O–H groups in total. The van der Waals surface area contributed by atoms with Gasteiger partial charge in [-0.1, -0.05) is 48.5 Å². The van der Waals surface area contributed by atoms with Gasteiger partial charge in [0.1, 0.15) is 0 Å². The molecule has 5 nitrogen and oxygen atoms in total. The van der Waals surface area contributed by atoms with E-state index in [1.807, 2.05) is 80.1 Å². The number of ether oxygens (including phenoxy) is 1. The number of carbonyl (C=O) groups excluding carboxylic acids is 2. The van der Waals surface area contributed by atoms with Gasteiger partial charge in [0, 0.05) is 42.8 Å². The summed E-state index contributed by atoms with van der Waals surface area (Å²) < 4.78 is 7.63. The van der Waals surface area contributed by atoms with E-state index in [1.165, 1.54) is 0 Å². The maximum atomic E-state index is 13.0. The van der Waals surface area contributed by atoms with E-state index >= 15 is 0 Å².